The van der Waals surface area contributed by atoms with E-state index in [1.54, 1.807) is 25.1 Å². The summed E-state index contributed by atoms with van der Waals surface area (Å²) in [7, 11) is 1.30. The molecule has 0 fully saturated rings. The van der Waals surface area contributed by atoms with Crippen molar-refractivity contribution in [3.63, 3.8) is 0 Å². The fourth-order valence-corrected chi connectivity index (χ4v) is 3.33. The van der Waals surface area contributed by atoms with Crippen molar-refractivity contribution in [2.24, 2.45) is 0 Å². The van der Waals surface area contributed by atoms with Gasteiger partial charge < -0.3 is 19.7 Å². The number of amides is 2. The van der Waals surface area contributed by atoms with Gasteiger partial charge in [0.1, 0.15) is 11.8 Å². The van der Waals surface area contributed by atoms with E-state index in [0.717, 1.165) is 6.42 Å². The minimum absolute atomic E-state index is 0.00362. The van der Waals surface area contributed by atoms with Crippen molar-refractivity contribution < 1.29 is 24.0 Å². The van der Waals surface area contributed by atoms with Crippen LogP contribution in [-0.2, 0) is 16.1 Å². The van der Waals surface area contributed by atoms with E-state index in [1.807, 2.05) is 13.8 Å². The summed E-state index contributed by atoms with van der Waals surface area (Å²) in [6.45, 7) is 5.14. The van der Waals surface area contributed by atoms with Gasteiger partial charge in [0.05, 0.1) is 22.1 Å². The van der Waals surface area contributed by atoms with Crippen LogP contribution in [0.1, 0.15) is 32.8 Å². The number of carbonyl (C=O) groups is 2. The second kappa shape index (κ2) is 12.4. The largest absolute Gasteiger partial charge is 0.490 e. The quantitative estimate of drug-likeness (QED) is 0.348. The van der Waals surface area contributed by atoms with Crippen molar-refractivity contribution >= 4 is 40.7 Å². The number of ether oxygens (including phenoxy) is 2. The molecule has 2 amide bonds. The number of nitrogens with one attached hydrogen (secondary N) is 1. The molecule has 9 nitrogen and oxygen atoms in total. The number of halogens is 2. The molecule has 0 aliphatic rings. The highest BCUT2D eigenvalue weighted by molar-refractivity contribution is 6.42. The fourth-order valence-electron chi connectivity index (χ4n) is 3.01. The average molecular weight is 512 g/mol. The molecule has 0 unspecified atom stereocenters. The summed E-state index contributed by atoms with van der Waals surface area (Å²) in [6, 6.07) is 8.04. The van der Waals surface area contributed by atoms with Crippen LogP contribution in [0.4, 0.5) is 5.69 Å². The Bertz CT molecular complexity index is 1050. The van der Waals surface area contributed by atoms with E-state index in [-0.39, 0.29) is 35.7 Å². The van der Waals surface area contributed by atoms with Gasteiger partial charge in [0.25, 0.3) is 5.91 Å². The van der Waals surface area contributed by atoms with Gasteiger partial charge in [-0.2, -0.15) is 0 Å². The Kier molecular flexibility index (Phi) is 9.95. The van der Waals surface area contributed by atoms with Crippen molar-refractivity contribution in [1.82, 2.24) is 10.2 Å². The lowest BCUT2D eigenvalue weighted by Crippen LogP contribution is -2.50. The van der Waals surface area contributed by atoms with Crippen molar-refractivity contribution in [2.45, 2.75) is 45.8 Å². The Morgan fingerprint density at radius 1 is 1.15 bits per heavy atom. The van der Waals surface area contributed by atoms with Gasteiger partial charge in [0.15, 0.2) is 6.61 Å². The zero-order chi connectivity index (χ0) is 25.4. The Hall–Kier alpha value is -3.04. The first-order chi connectivity index (χ1) is 16.1. The van der Waals surface area contributed by atoms with Crippen LogP contribution in [0.5, 0.6) is 11.5 Å². The number of carbonyl (C=O) groups excluding carboxylic acids is 2. The maximum absolute atomic E-state index is 13.1. The molecule has 2 aromatic rings. The third kappa shape index (κ3) is 7.23. The molecule has 184 valence electrons. The molecule has 0 saturated heterocycles. The third-order valence-electron chi connectivity index (χ3n) is 5.22. The topological polar surface area (TPSA) is 111 Å². The Morgan fingerprint density at radius 2 is 1.85 bits per heavy atom. The first kappa shape index (κ1) is 27.2. The van der Waals surface area contributed by atoms with Gasteiger partial charge in [-0.3, -0.25) is 19.7 Å². The molecule has 0 spiro atoms. The third-order valence-corrected chi connectivity index (χ3v) is 5.95. The van der Waals surface area contributed by atoms with E-state index in [1.165, 1.54) is 30.2 Å². The van der Waals surface area contributed by atoms with Gasteiger partial charge in [-0.25, -0.2) is 0 Å². The van der Waals surface area contributed by atoms with E-state index in [0.29, 0.717) is 15.6 Å². The lowest BCUT2D eigenvalue weighted by atomic mass is 10.1. The molecule has 0 heterocycles. The van der Waals surface area contributed by atoms with Gasteiger partial charge in [0.2, 0.25) is 11.7 Å². The zero-order valence-electron chi connectivity index (χ0n) is 19.3. The fraction of sp³-hybridized carbons (Fsp3) is 0.391. The van der Waals surface area contributed by atoms with Crippen molar-refractivity contribution in [1.29, 1.82) is 0 Å². The van der Waals surface area contributed by atoms with Gasteiger partial charge in [-0.1, -0.05) is 36.2 Å². The second-order valence-corrected chi connectivity index (χ2v) is 8.46. The minimum Gasteiger partial charge on any atom is -0.490 e. The molecule has 0 bridgehead atoms. The maximum Gasteiger partial charge on any atom is 0.311 e. The summed E-state index contributed by atoms with van der Waals surface area (Å²) < 4.78 is 10.6. The highest BCUT2D eigenvalue weighted by atomic mass is 35.5. The summed E-state index contributed by atoms with van der Waals surface area (Å²) in [5, 5.41) is 14.7. The number of nitrogens with zero attached hydrogens (tertiary/aromatic N) is 2. The summed E-state index contributed by atoms with van der Waals surface area (Å²) in [6.07, 6.45) is 0.740. The number of nitro groups is 1. The molecule has 34 heavy (non-hydrogen) atoms. The van der Waals surface area contributed by atoms with Crippen LogP contribution >= 0.6 is 23.2 Å². The predicted molar refractivity (Wildman–Crippen MR) is 130 cm³/mol. The summed E-state index contributed by atoms with van der Waals surface area (Å²) in [4.78, 5) is 37.7. The van der Waals surface area contributed by atoms with Crippen molar-refractivity contribution in [3.05, 3.63) is 62.1 Å². The Labute approximate surface area is 208 Å². The molecule has 2 atom stereocenters. The van der Waals surface area contributed by atoms with Gasteiger partial charge >= 0.3 is 5.69 Å². The molecule has 0 aliphatic carbocycles. The van der Waals surface area contributed by atoms with Gasteiger partial charge in [-0.15, -0.1) is 0 Å². The molecule has 0 radical (unpaired) electrons. The van der Waals surface area contributed by atoms with Crippen LogP contribution in [0.25, 0.3) is 0 Å². The van der Waals surface area contributed by atoms with Crippen LogP contribution < -0.4 is 14.8 Å². The molecular formula is C23H27Cl2N3O6. The minimum atomic E-state index is -0.800. The highest BCUT2D eigenvalue weighted by Gasteiger charge is 2.27. The number of hydrogen-bond acceptors (Lipinski definition) is 6. The van der Waals surface area contributed by atoms with Crippen LogP contribution in [0.2, 0.25) is 10.0 Å². The van der Waals surface area contributed by atoms with Crippen LogP contribution in [0, 0.1) is 10.1 Å². The number of nitro benzene ring substituents is 1. The highest BCUT2D eigenvalue weighted by Crippen LogP contribution is 2.31. The first-order valence-corrected chi connectivity index (χ1v) is 11.3. The van der Waals surface area contributed by atoms with Crippen molar-refractivity contribution in [3.8, 4) is 11.5 Å². The predicted octanol–water partition coefficient (Wildman–Crippen LogP) is 4.62. The molecule has 2 aromatic carbocycles. The van der Waals surface area contributed by atoms with Crippen molar-refractivity contribution in [2.75, 3.05) is 13.7 Å². The van der Waals surface area contributed by atoms with Gasteiger partial charge in [0, 0.05) is 24.7 Å². The smallest absolute Gasteiger partial charge is 0.311 e. The maximum atomic E-state index is 13.1. The Morgan fingerprint density at radius 3 is 2.44 bits per heavy atom. The van der Waals surface area contributed by atoms with Gasteiger partial charge in [-0.05, 0) is 44.0 Å². The van der Waals surface area contributed by atoms with E-state index < -0.39 is 23.5 Å². The lowest BCUT2D eigenvalue weighted by molar-refractivity contribution is -0.385. The Balaban J connectivity index is 2.23. The molecule has 1 N–H and O–H groups in total. The van der Waals surface area contributed by atoms with E-state index in [2.05, 4.69) is 5.32 Å². The number of rotatable bonds is 11. The molecule has 0 aromatic heterocycles. The van der Waals surface area contributed by atoms with E-state index >= 15 is 0 Å². The normalized spacial score (nSPS) is 12.4. The van der Waals surface area contributed by atoms with E-state index in [4.69, 9.17) is 32.7 Å². The van der Waals surface area contributed by atoms with Crippen LogP contribution in [0.15, 0.2) is 36.4 Å². The monoisotopic (exact) mass is 511 g/mol. The standard InChI is InChI=1S/C23H27Cl2N3O6/c1-5-14(2)26-23(30)15(3)27(12-16-6-8-18(24)19(25)10-16)22(29)13-34-17-7-9-20(28(31)32)21(11-17)33-4/h6-11,14-15H,5,12-13H2,1-4H3,(H,26,30)/t14-,15-/m1/s1. The van der Waals surface area contributed by atoms with Crippen LogP contribution in [-0.4, -0.2) is 47.4 Å². The second-order valence-electron chi connectivity index (χ2n) is 7.64. The molecular weight excluding hydrogens is 485 g/mol. The van der Waals surface area contributed by atoms with E-state index in [9.17, 15) is 19.7 Å². The first-order valence-electron chi connectivity index (χ1n) is 10.6. The SMILES string of the molecule is CC[C@@H](C)NC(=O)[C@@H](C)N(Cc1ccc(Cl)c(Cl)c1)C(=O)COc1ccc([N+](=O)[O-])c(OC)c1. The number of hydrogen-bond donors (Lipinski definition) is 1. The summed E-state index contributed by atoms with van der Waals surface area (Å²) in [5.41, 5.74) is 0.459. The molecule has 0 saturated carbocycles. The number of methoxy groups -OCH3 is 1. The lowest BCUT2D eigenvalue weighted by Gasteiger charge is -2.29. The summed E-state index contributed by atoms with van der Waals surface area (Å²) in [5.74, 6) is -0.555. The molecule has 11 heteroatoms. The zero-order valence-corrected chi connectivity index (χ0v) is 20.9. The van der Waals surface area contributed by atoms with Crippen LogP contribution in [0.3, 0.4) is 0 Å². The number of benzene rings is 2. The molecule has 2 rings (SSSR count). The molecule has 0 aliphatic heterocycles. The summed E-state index contributed by atoms with van der Waals surface area (Å²) >= 11 is 12.1. The average Bonchev–Trinajstić information content (AvgIpc) is 2.82.